The van der Waals surface area contributed by atoms with Crippen LogP contribution in [0.4, 0.5) is 24.5 Å². The van der Waals surface area contributed by atoms with Crippen molar-refractivity contribution in [2.75, 3.05) is 36.5 Å². The fourth-order valence-corrected chi connectivity index (χ4v) is 3.77. The fraction of sp³-hybridized carbons (Fsp3) is 0.227. The molecule has 0 bridgehead atoms. The van der Waals surface area contributed by atoms with Crippen molar-refractivity contribution in [3.63, 3.8) is 0 Å². The van der Waals surface area contributed by atoms with E-state index in [2.05, 4.69) is 5.32 Å². The van der Waals surface area contributed by atoms with Gasteiger partial charge in [-0.3, -0.25) is 4.79 Å². The molecule has 10 heteroatoms. The molecule has 2 aromatic carbocycles. The third-order valence-corrected chi connectivity index (χ3v) is 5.79. The van der Waals surface area contributed by atoms with E-state index in [4.69, 9.17) is 32.4 Å². The molecule has 0 saturated carbocycles. The highest BCUT2D eigenvalue weighted by Gasteiger charge is 2.32. The van der Waals surface area contributed by atoms with Crippen LogP contribution in [0.1, 0.15) is 16.1 Å². The molecule has 0 aliphatic carbocycles. The standard InChI is InChI=1S/C22H17Cl2F3N2O3/c23-15-3-1-2-14(20(15)24)18-6-7-19(32-18)21(30)28-16-12-13(22(25,26)27)4-5-17(16)29-8-10-31-11-9-29/h1-7,12H,8-11H2,(H,28,30). The maximum atomic E-state index is 13.3. The number of nitrogens with zero attached hydrogens (tertiary/aromatic N) is 1. The number of halogens is 5. The number of ether oxygens (including phenoxy) is 1. The smallest absolute Gasteiger partial charge is 0.416 e. The zero-order chi connectivity index (χ0) is 22.9. The van der Waals surface area contributed by atoms with Crippen LogP contribution in [0.15, 0.2) is 52.9 Å². The number of nitrogens with one attached hydrogen (secondary N) is 1. The van der Waals surface area contributed by atoms with Gasteiger partial charge >= 0.3 is 6.18 Å². The average molecular weight is 485 g/mol. The summed E-state index contributed by atoms with van der Waals surface area (Å²) < 4.78 is 50.7. The molecule has 0 unspecified atom stereocenters. The van der Waals surface area contributed by atoms with Gasteiger partial charge in [-0.15, -0.1) is 0 Å². The van der Waals surface area contributed by atoms with Gasteiger partial charge in [0.1, 0.15) is 5.76 Å². The largest absolute Gasteiger partial charge is 0.451 e. The second kappa shape index (κ2) is 9.05. The molecule has 4 rings (SSSR count). The summed E-state index contributed by atoms with van der Waals surface area (Å²) in [6.45, 7) is 1.87. The van der Waals surface area contributed by atoms with Crippen molar-refractivity contribution in [2.24, 2.45) is 0 Å². The van der Waals surface area contributed by atoms with Gasteiger partial charge in [-0.1, -0.05) is 29.3 Å². The van der Waals surface area contributed by atoms with Gasteiger partial charge in [-0.05, 0) is 42.5 Å². The Morgan fingerprint density at radius 3 is 2.50 bits per heavy atom. The van der Waals surface area contributed by atoms with Crippen LogP contribution >= 0.6 is 23.2 Å². The van der Waals surface area contributed by atoms with Gasteiger partial charge in [0, 0.05) is 18.7 Å². The first-order valence-corrected chi connectivity index (χ1v) is 10.4. The third kappa shape index (κ3) is 4.72. The molecule has 0 atom stereocenters. The molecule has 168 valence electrons. The number of rotatable bonds is 4. The van der Waals surface area contributed by atoms with Crippen molar-refractivity contribution >= 4 is 40.5 Å². The minimum atomic E-state index is -4.55. The number of alkyl halides is 3. The van der Waals surface area contributed by atoms with Crippen LogP contribution < -0.4 is 10.2 Å². The van der Waals surface area contributed by atoms with E-state index in [-0.39, 0.29) is 16.5 Å². The van der Waals surface area contributed by atoms with Crippen molar-refractivity contribution in [3.05, 3.63) is 69.9 Å². The third-order valence-electron chi connectivity index (χ3n) is 4.97. The lowest BCUT2D eigenvalue weighted by Gasteiger charge is -2.30. The van der Waals surface area contributed by atoms with E-state index in [1.807, 2.05) is 4.90 Å². The molecule has 1 aliphatic rings. The lowest BCUT2D eigenvalue weighted by molar-refractivity contribution is -0.137. The molecule has 5 nitrogen and oxygen atoms in total. The maximum absolute atomic E-state index is 13.3. The quantitative estimate of drug-likeness (QED) is 0.467. The highest BCUT2D eigenvalue weighted by Crippen LogP contribution is 2.37. The van der Waals surface area contributed by atoms with Crippen molar-refractivity contribution in [1.82, 2.24) is 0 Å². The first kappa shape index (κ1) is 22.5. The summed E-state index contributed by atoms with van der Waals surface area (Å²) in [5.41, 5.74) is 0.131. The summed E-state index contributed by atoms with van der Waals surface area (Å²) in [5, 5.41) is 3.14. The van der Waals surface area contributed by atoms with Crippen LogP contribution in [0.5, 0.6) is 0 Å². The Kier molecular flexibility index (Phi) is 6.37. The predicted octanol–water partition coefficient (Wildman–Crippen LogP) is 6.36. The second-order valence-electron chi connectivity index (χ2n) is 7.05. The Bertz CT molecular complexity index is 1140. The highest BCUT2D eigenvalue weighted by molar-refractivity contribution is 6.43. The van der Waals surface area contributed by atoms with Gasteiger partial charge in [0.15, 0.2) is 5.76 Å². The number of carbonyl (C=O) groups excluding carboxylic acids is 1. The number of benzene rings is 2. The molecule has 1 amide bonds. The molecule has 0 radical (unpaired) electrons. The summed E-state index contributed by atoms with van der Waals surface area (Å²) in [5.74, 6) is -0.468. The normalized spacial score (nSPS) is 14.5. The van der Waals surface area contributed by atoms with Gasteiger partial charge in [-0.2, -0.15) is 13.2 Å². The Hall–Kier alpha value is -2.68. The van der Waals surface area contributed by atoms with Crippen LogP contribution in [0.2, 0.25) is 10.0 Å². The Morgan fingerprint density at radius 2 is 1.78 bits per heavy atom. The number of anilines is 2. The topological polar surface area (TPSA) is 54.7 Å². The van der Waals surface area contributed by atoms with Crippen LogP contribution in [0.3, 0.4) is 0 Å². The molecule has 3 aromatic rings. The minimum absolute atomic E-state index is 0.0328. The summed E-state index contributed by atoms with van der Waals surface area (Å²) >= 11 is 12.2. The van der Waals surface area contributed by atoms with E-state index in [1.54, 1.807) is 24.3 Å². The van der Waals surface area contributed by atoms with E-state index < -0.39 is 17.6 Å². The number of amides is 1. The van der Waals surface area contributed by atoms with Crippen molar-refractivity contribution in [1.29, 1.82) is 0 Å². The summed E-state index contributed by atoms with van der Waals surface area (Å²) in [7, 11) is 0. The fourth-order valence-electron chi connectivity index (χ4n) is 3.38. The van der Waals surface area contributed by atoms with Gasteiger partial charge in [0.2, 0.25) is 0 Å². The number of hydrogen-bond donors (Lipinski definition) is 1. The van der Waals surface area contributed by atoms with Crippen LogP contribution in [0.25, 0.3) is 11.3 Å². The molecule has 1 N–H and O–H groups in total. The Balaban J connectivity index is 1.63. The monoisotopic (exact) mass is 484 g/mol. The molecule has 1 saturated heterocycles. The van der Waals surface area contributed by atoms with E-state index in [9.17, 15) is 18.0 Å². The summed E-state index contributed by atoms with van der Waals surface area (Å²) in [6.07, 6.45) is -4.55. The number of furan rings is 1. The molecule has 1 fully saturated rings. The van der Waals surface area contributed by atoms with Crippen molar-refractivity contribution < 1.29 is 27.1 Å². The van der Waals surface area contributed by atoms with E-state index in [1.165, 1.54) is 12.1 Å². The zero-order valence-corrected chi connectivity index (χ0v) is 18.0. The van der Waals surface area contributed by atoms with Crippen LogP contribution in [0, 0.1) is 0 Å². The van der Waals surface area contributed by atoms with Crippen LogP contribution in [-0.2, 0) is 10.9 Å². The van der Waals surface area contributed by atoms with Gasteiger partial charge in [0.05, 0.1) is 40.2 Å². The van der Waals surface area contributed by atoms with E-state index in [0.29, 0.717) is 48.3 Å². The molecule has 2 heterocycles. The first-order valence-electron chi connectivity index (χ1n) is 9.63. The Morgan fingerprint density at radius 1 is 1.03 bits per heavy atom. The van der Waals surface area contributed by atoms with Gasteiger partial charge < -0.3 is 19.4 Å². The van der Waals surface area contributed by atoms with Crippen molar-refractivity contribution in [3.8, 4) is 11.3 Å². The van der Waals surface area contributed by atoms with Gasteiger partial charge in [0.25, 0.3) is 5.91 Å². The number of carbonyl (C=O) groups is 1. The molecule has 1 aliphatic heterocycles. The lowest BCUT2D eigenvalue weighted by Crippen LogP contribution is -2.36. The highest BCUT2D eigenvalue weighted by atomic mass is 35.5. The van der Waals surface area contributed by atoms with Crippen LogP contribution in [-0.4, -0.2) is 32.2 Å². The molecular formula is C22H17Cl2F3N2O3. The van der Waals surface area contributed by atoms with E-state index in [0.717, 1.165) is 12.1 Å². The summed E-state index contributed by atoms with van der Waals surface area (Å²) in [4.78, 5) is 14.7. The van der Waals surface area contributed by atoms with Crippen molar-refractivity contribution in [2.45, 2.75) is 6.18 Å². The van der Waals surface area contributed by atoms with Gasteiger partial charge in [-0.25, -0.2) is 0 Å². The zero-order valence-electron chi connectivity index (χ0n) is 16.5. The Labute approximate surface area is 191 Å². The molecule has 1 aromatic heterocycles. The predicted molar refractivity (Wildman–Crippen MR) is 117 cm³/mol. The SMILES string of the molecule is O=C(Nc1cc(C(F)(F)F)ccc1N1CCOCC1)c1ccc(-c2cccc(Cl)c2Cl)o1. The van der Waals surface area contributed by atoms with E-state index >= 15 is 0 Å². The molecule has 32 heavy (non-hydrogen) atoms. The number of hydrogen-bond acceptors (Lipinski definition) is 4. The maximum Gasteiger partial charge on any atom is 0.416 e. The second-order valence-corrected chi connectivity index (χ2v) is 7.83. The first-order chi connectivity index (χ1) is 15.2. The lowest BCUT2D eigenvalue weighted by atomic mass is 10.1. The number of morpholine rings is 1. The average Bonchev–Trinajstić information content (AvgIpc) is 3.26. The minimum Gasteiger partial charge on any atom is -0.451 e. The summed E-state index contributed by atoms with van der Waals surface area (Å²) in [6, 6.07) is 11.2. The molecular weight excluding hydrogens is 468 g/mol. The molecule has 0 spiro atoms.